The van der Waals surface area contributed by atoms with Gasteiger partial charge in [-0.25, -0.2) is 0 Å². The molecule has 0 amide bonds. The van der Waals surface area contributed by atoms with Gasteiger partial charge in [-0.15, -0.1) is 0 Å². The molecule has 3 nitrogen and oxygen atoms in total. The van der Waals surface area contributed by atoms with E-state index in [1.54, 1.807) is 0 Å². The number of pyridine rings is 1. The molecule has 100 valence electrons. The molecule has 1 aliphatic rings. The first-order valence-electron chi connectivity index (χ1n) is 7.02. The molecule has 1 N–H and O–H groups in total. The summed E-state index contributed by atoms with van der Waals surface area (Å²) in [6.07, 6.45) is 5.31. The predicted octanol–water partition coefficient (Wildman–Crippen LogP) is 2.34. The third kappa shape index (κ3) is 3.79. The van der Waals surface area contributed by atoms with Gasteiger partial charge >= 0.3 is 0 Å². The molecule has 1 aromatic rings. The Balaban J connectivity index is 1.97. The van der Waals surface area contributed by atoms with E-state index in [1.165, 1.54) is 24.1 Å². The Labute approximate surface area is 110 Å². The molecule has 0 saturated carbocycles. The Kier molecular flexibility index (Phi) is 5.14. The molecular weight excluding hydrogens is 224 g/mol. The molecule has 2 heterocycles. The molecule has 0 aliphatic carbocycles. The second-order valence-electron chi connectivity index (χ2n) is 5.22. The number of rotatable bonds is 6. The zero-order chi connectivity index (χ0) is 12.8. The first-order chi connectivity index (χ1) is 8.79. The van der Waals surface area contributed by atoms with Crippen LogP contribution in [0, 0.1) is 12.8 Å². The highest BCUT2D eigenvalue weighted by atomic mass is 16.5. The van der Waals surface area contributed by atoms with E-state index in [9.17, 15) is 0 Å². The van der Waals surface area contributed by atoms with E-state index >= 15 is 0 Å². The lowest BCUT2D eigenvalue weighted by Gasteiger charge is -2.23. The average Bonchev–Trinajstić information content (AvgIpc) is 2.90. The number of ether oxygens (including phenoxy) is 1. The van der Waals surface area contributed by atoms with Gasteiger partial charge in [0.2, 0.25) is 0 Å². The van der Waals surface area contributed by atoms with E-state index in [4.69, 9.17) is 4.74 Å². The molecule has 0 bridgehead atoms. The van der Waals surface area contributed by atoms with Crippen LogP contribution in [-0.2, 0) is 11.2 Å². The van der Waals surface area contributed by atoms with Crippen molar-refractivity contribution in [2.75, 3.05) is 19.8 Å². The summed E-state index contributed by atoms with van der Waals surface area (Å²) in [7, 11) is 0. The third-order valence-corrected chi connectivity index (χ3v) is 3.59. The van der Waals surface area contributed by atoms with Crippen LogP contribution in [0.2, 0.25) is 0 Å². The van der Waals surface area contributed by atoms with Gasteiger partial charge in [0.1, 0.15) is 0 Å². The fourth-order valence-electron chi connectivity index (χ4n) is 2.45. The van der Waals surface area contributed by atoms with Crippen molar-refractivity contribution in [2.24, 2.45) is 5.92 Å². The first kappa shape index (κ1) is 13.5. The monoisotopic (exact) mass is 248 g/mol. The van der Waals surface area contributed by atoms with E-state index in [-0.39, 0.29) is 0 Å². The van der Waals surface area contributed by atoms with Gasteiger partial charge < -0.3 is 10.1 Å². The second kappa shape index (κ2) is 6.86. The van der Waals surface area contributed by atoms with Gasteiger partial charge in [-0.3, -0.25) is 4.98 Å². The van der Waals surface area contributed by atoms with Crippen LogP contribution in [0.25, 0.3) is 0 Å². The summed E-state index contributed by atoms with van der Waals surface area (Å²) in [6, 6.07) is 4.79. The van der Waals surface area contributed by atoms with Gasteiger partial charge in [-0.05, 0) is 37.9 Å². The summed E-state index contributed by atoms with van der Waals surface area (Å²) in [5, 5.41) is 3.65. The van der Waals surface area contributed by atoms with Crippen molar-refractivity contribution in [2.45, 2.75) is 39.2 Å². The lowest BCUT2D eigenvalue weighted by atomic mass is 9.94. The second-order valence-corrected chi connectivity index (χ2v) is 5.22. The molecule has 2 unspecified atom stereocenters. The fourth-order valence-corrected chi connectivity index (χ4v) is 2.45. The maximum Gasteiger partial charge on any atom is 0.0510 e. The highest BCUT2D eigenvalue weighted by Crippen LogP contribution is 2.19. The van der Waals surface area contributed by atoms with Crippen LogP contribution in [0.3, 0.4) is 0 Å². The van der Waals surface area contributed by atoms with Crippen LogP contribution < -0.4 is 5.32 Å². The number of aryl methyl sites for hydroxylation is 1. The van der Waals surface area contributed by atoms with Crippen molar-refractivity contribution in [3.63, 3.8) is 0 Å². The molecule has 1 aliphatic heterocycles. The molecule has 0 aromatic carbocycles. The fraction of sp³-hybridized carbons (Fsp3) is 0.667. The Bertz CT molecular complexity index is 344. The van der Waals surface area contributed by atoms with Gasteiger partial charge in [0, 0.05) is 36.9 Å². The number of hydrogen-bond donors (Lipinski definition) is 1. The highest BCUT2D eigenvalue weighted by molar-refractivity contribution is 5.13. The minimum Gasteiger partial charge on any atom is -0.381 e. The van der Waals surface area contributed by atoms with Crippen molar-refractivity contribution in [1.82, 2.24) is 10.3 Å². The summed E-state index contributed by atoms with van der Waals surface area (Å²) in [4.78, 5) is 4.52. The number of nitrogens with one attached hydrogen (secondary N) is 1. The van der Waals surface area contributed by atoms with Crippen molar-refractivity contribution >= 4 is 0 Å². The molecular formula is C15H24N2O. The zero-order valence-corrected chi connectivity index (χ0v) is 11.5. The number of hydrogen-bond acceptors (Lipinski definition) is 3. The Hall–Kier alpha value is -0.930. The Morgan fingerprint density at radius 1 is 1.50 bits per heavy atom. The largest absolute Gasteiger partial charge is 0.381 e. The van der Waals surface area contributed by atoms with Crippen molar-refractivity contribution in [3.05, 3.63) is 29.6 Å². The smallest absolute Gasteiger partial charge is 0.0510 e. The molecule has 0 radical (unpaired) electrons. The van der Waals surface area contributed by atoms with Gasteiger partial charge in [-0.2, -0.15) is 0 Å². The van der Waals surface area contributed by atoms with Crippen molar-refractivity contribution in [1.29, 1.82) is 0 Å². The van der Waals surface area contributed by atoms with Crippen LogP contribution in [0.5, 0.6) is 0 Å². The van der Waals surface area contributed by atoms with Crippen LogP contribution in [0.4, 0.5) is 0 Å². The highest BCUT2D eigenvalue weighted by Gasteiger charge is 2.25. The maximum absolute atomic E-state index is 5.51. The Morgan fingerprint density at radius 3 is 3.00 bits per heavy atom. The summed E-state index contributed by atoms with van der Waals surface area (Å²) in [5.74, 6) is 0.639. The minimum atomic E-state index is 0.502. The first-order valence-corrected chi connectivity index (χ1v) is 7.02. The molecule has 1 saturated heterocycles. The zero-order valence-electron chi connectivity index (χ0n) is 11.5. The van der Waals surface area contributed by atoms with Gasteiger partial charge in [0.05, 0.1) is 6.61 Å². The summed E-state index contributed by atoms with van der Waals surface area (Å²) in [6.45, 7) is 7.17. The van der Waals surface area contributed by atoms with E-state index in [1.807, 2.05) is 6.20 Å². The van der Waals surface area contributed by atoms with Crippen LogP contribution >= 0.6 is 0 Å². The van der Waals surface area contributed by atoms with Crippen molar-refractivity contribution < 1.29 is 4.74 Å². The van der Waals surface area contributed by atoms with Gasteiger partial charge in [-0.1, -0.05) is 13.0 Å². The third-order valence-electron chi connectivity index (χ3n) is 3.59. The van der Waals surface area contributed by atoms with E-state index in [0.29, 0.717) is 12.0 Å². The molecule has 18 heavy (non-hydrogen) atoms. The molecule has 1 fully saturated rings. The molecule has 3 heteroatoms. The SMILES string of the molecule is CCCNC(Cc1ccc(C)cn1)C1CCOC1. The lowest BCUT2D eigenvalue weighted by molar-refractivity contribution is 0.176. The number of aromatic nitrogens is 1. The van der Waals surface area contributed by atoms with E-state index in [2.05, 4.69) is 36.3 Å². The van der Waals surface area contributed by atoms with Gasteiger partial charge in [0.25, 0.3) is 0 Å². The normalized spacial score (nSPS) is 21.1. The molecule has 1 aromatic heterocycles. The Morgan fingerprint density at radius 2 is 2.39 bits per heavy atom. The summed E-state index contributed by atoms with van der Waals surface area (Å²) >= 11 is 0. The number of nitrogens with zero attached hydrogens (tertiary/aromatic N) is 1. The molecule has 0 spiro atoms. The molecule has 2 rings (SSSR count). The summed E-state index contributed by atoms with van der Waals surface area (Å²) in [5.41, 5.74) is 2.40. The lowest BCUT2D eigenvalue weighted by Crippen LogP contribution is -2.39. The van der Waals surface area contributed by atoms with E-state index in [0.717, 1.165) is 26.2 Å². The topological polar surface area (TPSA) is 34.2 Å². The predicted molar refractivity (Wildman–Crippen MR) is 73.7 cm³/mol. The summed E-state index contributed by atoms with van der Waals surface area (Å²) < 4.78 is 5.51. The van der Waals surface area contributed by atoms with Crippen LogP contribution in [0.1, 0.15) is 31.0 Å². The van der Waals surface area contributed by atoms with Gasteiger partial charge in [0.15, 0.2) is 0 Å². The van der Waals surface area contributed by atoms with E-state index < -0.39 is 0 Å². The van der Waals surface area contributed by atoms with Crippen LogP contribution in [0.15, 0.2) is 18.3 Å². The standard InChI is InChI=1S/C15H24N2O/c1-3-7-16-15(13-6-8-18-11-13)9-14-5-4-12(2)10-17-14/h4-5,10,13,15-16H,3,6-9,11H2,1-2H3. The van der Waals surface area contributed by atoms with Crippen LogP contribution in [-0.4, -0.2) is 30.8 Å². The molecule has 2 atom stereocenters. The van der Waals surface area contributed by atoms with Crippen molar-refractivity contribution in [3.8, 4) is 0 Å². The minimum absolute atomic E-state index is 0.502. The quantitative estimate of drug-likeness (QED) is 0.839. The maximum atomic E-state index is 5.51. The average molecular weight is 248 g/mol.